The molecule has 8 heteroatoms. The normalized spacial score (nSPS) is 14.2. The molecule has 50 heavy (non-hydrogen) atoms. The molecule has 2 aliphatic rings. The Morgan fingerprint density at radius 1 is 0.600 bits per heavy atom. The van der Waals surface area contributed by atoms with Crippen LogP contribution in [0.1, 0.15) is 71.7 Å². The number of rotatable bonds is 6. The predicted octanol–water partition coefficient (Wildman–Crippen LogP) is 8.73. The monoisotopic (exact) mass is 663 g/mol. The van der Waals surface area contributed by atoms with Crippen LogP contribution in [0.2, 0.25) is 0 Å². The molecule has 0 saturated heterocycles. The number of para-hydroxylation sites is 2. The number of aromatic nitrogens is 6. The molecular weight excluding hydrogens is 617 g/mol. The predicted molar refractivity (Wildman–Crippen MR) is 202 cm³/mol. The lowest BCUT2D eigenvalue weighted by molar-refractivity contribution is -0.787. The maximum atomic E-state index is 5.53. The molecule has 0 aliphatic carbocycles. The molecule has 0 spiro atoms. The van der Waals surface area contributed by atoms with E-state index in [-0.39, 0.29) is 18.1 Å². The van der Waals surface area contributed by atoms with Gasteiger partial charge in [0.1, 0.15) is 18.3 Å². The van der Waals surface area contributed by atoms with Crippen LogP contribution in [-0.4, -0.2) is 37.0 Å². The van der Waals surface area contributed by atoms with Crippen LogP contribution >= 0.6 is 0 Å². The average Bonchev–Trinajstić information content (AvgIpc) is 3.70. The number of nitrogens with zero attached hydrogens (tertiary/aromatic N) is 8. The van der Waals surface area contributed by atoms with Crippen molar-refractivity contribution in [3.8, 4) is 45.0 Å². The van der Waals surface area contributed by atoms with Crippen LogP contribution in [0.5, 0.6) is 0 Å². The van der Waals surface area contributed by atoms with Gasteiger partial charge in [-0.2, -0.15) is 0 Å². The van der Waals surface area contributed by atoms with Gasteiger partial charge in [-0.25, -0.2) is 4.68 Å². The third-order valence-corrected chi connectivity index (χ3v) is 10.3. The van der Waals surface area contributed by atoms with Crippen molar-refractivity contribution in [1.82, 2.24) is 24.9 Å². The lowest BCUT2D eigenvalue weighted by Gasteiger charge is -2.34. The van der Waals surface area contributed by atoms with Crippen molar-refractivity contribution < 1.29 is 4.68 Å². The first-order valence-electron chi connectivity index (χ1n) is 18.1. The SMILES string of the molecule is CC(C)N1Cc2ccccc2-c2nn(CC(C)N3Cc4ccccc4-c4c(nnn4C(C)C)-c4ccccc43)[n+](C(C)C)c2-c2ccccc21. The number of anilines is 2. The van der Waals surface area contributed by atoms with Crippen LogP contribution in [0.25, 0.3) is 45.0 Å². The lowest BCUT2D eigenvalue weighted by Crippen LogP contribution is -2.50. The van der Waals surface area contributed by atoms with Gasteiger partial charge in [0.05, 0.1) is 17.3 Å². The molecule has 254 valence electrons. The first kappa shape index (κ1) is 32.0. The minimum atomic E-state index is 0.0966. The molecule has 2 aromatic heterocycles. The van der Waals surface area contributed by atoms with E-state index in [4.69, 9.17) is 10.2 Å². The second-order valence-corrected chi connectivity index (χ2v) is 14.7. The first-order valence-corrected chi connectivity index (χ1v) is 18.1. The summed E-state index contributed by atoms with van der Waals surface area (Å²) < 4.78 is 4.51. The minimum Gasteiger partial charge on any atom is -0.364 e. The van der Waals surface area contributed by atoms with Crippen molar-refractivity contribution in [2.24, 2.45) is 0 Å². The maximum absolute atomic E-state index is 5.53. The Morgan fingerprint density at radius 2 is 1.16 bits per heavy atom. The van der Waals surface area contributed by atoms with Gasteiger partial charge < -0.3 is 9.80 Å². The third kappa shape index (κ3) is 5.20. The fourth-order valence-electron chi connectivity index (χ4n) is 7.96. The number of benzene rings is 4. The highest BCUT2D eigenvalue weighted by molar-refractivity contribution is 5.89. The summed E-state index contributed by atoms with van der Waals surface area (Å²) >= 11 is 0. The molecule has 0 fully saturated rings. The van der Waals surface area contributed by atoms with E-state index in [0.29, 0.717) is 12.6 Å². The Kier molecular flexibility index (Phi) is 8.05. The summed E-state index contributed by atoms with van der Waals surface area (Å²) in [7, 11) is 0. The Balaban J connectivity index is 1.29. The number of hydrogen-bond donors (Lipinski definition) is 0. The van der Waals surface area contributed by atoms with E-state index in [0.717, 1.165) is 41.4 Å². The van der Waals surface area contributed by atoms with E-state index in [9.17, 15) is 0 Å². The summed E-state index contributed by atoms with van der Waals surface area (Å²) in [6.45, 7) is 18.1. The second kappa shape index (κ2) is 12.6. The zero-order valence-electron chi connectivity index (χ0n) is 30.2. The third-order valence-electron chi connectivity index (χ3n) is 10.3. The van der Waals surface area contributed by atoms with Crippen LogP contribution < -0.4 is 14.5 Å². The van der Waals surface area contributed by atoms with Gasteiger partial charge in [-0.1, -0.05) is 78.0 Å². The quantitative estimate of drug-likeness (QED) is 0.167. The van der Waals surface area contributed by atoms with Crippen LogP contribution in [0, 0.1) is 0 Å². The average molecular weight is 664 g/mol. The van der Waals surface area contributed by atoms with E-state index in [2.05, 4.69) is 175 Å². The zero-order chi connectivity index (χ0) is 34.7. The van der Waals surface area contributed by atoms with E-state index >= 15 is 0 Å². The summed E-state index contributed by atoms with van der Waals surface area (Å²) in [5.74, 6) is 0. The van der Waals surface area contributed by atoms with Gasteiger partial charge in [-0.05, 0) is 88.7 Å². The highest BCUT2D eigenvalue weighted by Crippen LogP contribution is 2.43. The van der Waals surface area contributed by atoms with Gasteiger partial charge in [-0.15, -0.1) is 9.78 Å². The topological polar surface area (TPSA) is 58.9 Å². The lowest BCUT2D eigenvalue weighted by atomic mass is 9.94. The maximum Gasteiger partial charge on any atom is 0.257 e. The molecule has 0 bridgehead atoms. The van der Waals surface area contributed by atoms with Crippen molar-refractivity contribution >= 4 is 11.4 Å². The second-order valence-electron chi connectivity index (χ2n) is 14.7. The summed E-state index contributed by atoms with van der Waals surface area (Å²) in [4.78, 5) is 7.31. The standard InChI is InChI=1S/C42H47N8/c1-27(2)46-25-31-16-8-10-18-33(31)40-42(36-21-13-15-23-38(36)46)50(29(5)6)48(44-40)24-30(7)47-26-32-17-9-11-19-34(32)41-39(43-45-49(41)28(3)4)35-20-12-14-22-37(35)47/h8-23,27-30H,24-26H2,1-7H3/q+1. The van der Waals surface area contributed by atoms with Crippen molar-refractivity contribution in [3.05, 3.63) is 108 Å². The van der Waals surface area contributed by atoms with Crippen molar-refractivity contribution in [1.29, 1.82) is 0 Å². The molecule has 0 N–H and O–H groups in total. The molecule has 0 radical (unpaired) electrons. The van der Waals surface area contributed by atoms with Crippen LogP contribution in [0.15, 0.2) is 97.1 Å². The van der Waals surface area contributed by atoms with Gasteiger partial charge >= 0.3 is 0 Å². The summed E-state index contributed by atoms with van der Waals surface area (Å²) in [5.41, 5.74) is 13.9. The molecule has 0 saturated carbocycles. The van der Waals surface area contributed by atoms with Crippen molar-refractivity contribution in [2.45, 2.75) is 92.3 Å². The van der Waals surface area contributed by atoms with Crippen molar-refractivity contribution in [3.63, 3.8) is 0 Å². The van der Waals surface area contributed by atoms with Gasteiger partial charge in [-0.3, -0.25) is 0 Å². The molecule has 2 aliphatic heterocycles. The van der Waals surface area contributed by atoms with Gasteiger partial charge in [0, 0.05) is 58.3 Å². The smallest absolute Gasteiger partial charge is 0.257 e. The molecule has 4 aromatic carbocycles. The first-order chi connectivity index (χ1) is 24.2. The molecule has 8 nitrogen and oxygen atoms in total. The summed E-state index contributed by atoms with van der Waals surface area (Å²) in [6, 6.07) is 35.9. The Hall–Kier alpha value is -5.24. The molecule has 6 aromatic rings. The Bertz CT molecular complexity index is 2190. The highest BCUT2D eigenvalue weighted by atomic mass is 15.6. The van der Waals surface area contributed by atoms with Crippen molar-refractivity contribution in [2.75, 3.05) is 9.80 Å². The van der Waals surface area contributed by atoms with Crippen LogP contribution in [0.4, 0.5) is 11.4 Å². The van der Waals surface area contributed by atoms with E-state index in [1.54, 1.807) is 0 Å². The number of hydrogen-bond acceptors (Lipinski definition) is 5. The Morgan fingerprint density at radius 3 is 1.82 bits per heavy atom. The van der Waals surface area contributed by atoms with Crippen LogP contribution in [-0.2, 0) is 19.6 Å². The van der Waals surface area contributed by atoms with Gasteiger partial charge in [0.2, 0.25) is 5.69 Å². The number of fused-ring (bicyclic) bond motifs is 10. The molecule has 1 atom stereocenters. The van der Waals surface area contributed by atoms with E-state index in [1.807, 2.05) is 0 Å². The van der Waals surface area contributed by atoms with E-state index < -0.39 is 0 Å². The summed E-state index contributed by atoms with van der Waals surface area (Å²) in [6.07, 6.45) is 0. The fourth-order valence-corrected chi connectivity index (χ4v) is 7.96. The molecular formula is C42H47N8+. The summed E-state index contributed by atoms with van der Waals surface area (Å²) in [5, 5.41) is 15.0. The highest BCUT2D eigenvalue weighted by Gasteiger charge is 2.37. The molecule has 4 heterocycles. The largest absolute Gasteiger partial charge is 0.364 e. The minimum absolute atomic E-state index is 0.0966. The zero-order valence-corrected chi connectivity index (χ0v) is 30.2. The molecule has 0 amide bonds. The molecule has 1 unspecified atom stereocenters. The van der Waals surface area contributed by atoms with E-state index in [1.165, 1.54) is 39.2 Å². The van der Waals surface area contributed by atoms with Gasteiger partial charge in [0.25, 0.3) is 5.69 Å². The van der Waals surface area contributed by atoms with Crippen LogP contribution in [0.3, 0.4) is 0 Å². The Labute approximate surface area is 295 Å². The van der Waals surface area contributed by atoms with Gasteiger partial charge in [0.15, 0.2) is 0 Å². The fraction of sp³-hybridized carbons (Fsp3) is 0.333. The molecule has 8 rings (SSSR count).